The first-order valence-corrected chi connectivity index (χ1v) is 10.5. The van der Waals surface area contributed by atoms with E-state index < -0.39 is 10.0 Å². The van der Waals surface area contributed by atoms with Gasteiger partial charge in [0.25, 0.3) is 5.91 Å². The first kappa shape index (κ1) is 20.8. The van der Waals surface area contributed by atoms with E-state index in [0.29, 0.717) is 11.4 Å². The summed E-state index contributed by atoms with van der Waals surface area (Å²) in [4.78, 5) is 12.2. The minimum atomic E-state index is -3.31. The van der Waals surface area contributed by atoms with Crippen molar-refractivity contribution in [2.24, 2.45) is 0 Å². The maximum atomic E-state index is 12.2. The Balaban J connectivity index is 1.91. The summed E-state index contributed by atoms with van der Waals surface area (Å²) in [5, 5.41) is 2.92. The summed E-state index contributed by atoms with van der Waals surface area (Å²) in [6, 6.07) is 12.6. The predicted octanol–water partition coefficient (Wildman–Crippen LogP) is 2.96. The molecular weight excluding hydrogens is 364 g/mol. The third-order valence-corrected chi connectivity index (χ3v) is 5.54. The number of hydrogen-bond acceptors (Lipinski definition) is 4. The van der Waals surface area contributed by atoms with E-state index in [2.05, 4.69) is 11.4 Å². The molecule has 0 aliphatic carbocycles. The van der Waals surface area contributed by atoms with E-state index in [4.69, 9.17) is 4.74 Å². The lowest BCUT2D eigenvalue weighted by molar-refractivity contribution is -0.123. The topological polar surface area (TPSA) is 75.7 Å². The normalized spacial score (nSPS) is 12.3. The number of ether oxygens (including phenoxy) is 1. The van der Waals surface area contributed by atoms with Crippen LogP contribution in [-0.4, -0.2) is 34.2 Å². The molecule has 0 saturated heterocycles. The predicted molar refractivity (Wildman–Crippen MR) is 108 cm³/mol. The number of anilines is 1. The van der Waals surface area contributed by atoms with Crippen LogP contribution < -0.4 is 14.4 Å². The van der Waals surface area contributed by atoms with E-state index in [0.717, 1.165) is 17.4 Å². The number of hydrogen-bond donors (Lipinski definition) is 1. The van der Waals surface area contributed by atoms with Crippen LogP contribution in [0.15, 0.2) is 42.5 Å². The summed E-state index contributed by atoms with van der Waals surface area (Å²) < 4.78 is 29.7. The molecule has 2 rings (SSSR count). The molecule has 1 amide bonds. The molecule has 0 heterocycles. The zero-order valence-electron chi connectivity index (χ0n) is 16.3. The maximum Gasteiger partial charge on any atom is 0.258 e. The Bertz CT molecular complexity index is 908. The third kappa shape index (κ3) is 5.72. The highest BCUT2D eigenvalue weighted by molar-refractivity contribution is 7.92. The molecule has 27 heavy (non-hydrogen) atoms. The minimum Gasteiger partial charge on any atom is -0.484 e. The second kappa shape index (κ2) is 8.43. The van der Waals surface area contributed by atoms with E-state index in [1.807, 2.05) is 32.9 Å². The van der Waals surface area contributed by atoms with Crippen LogP contribution in [0, 0.1) is 13.8 Å². The van der Waals surface area contributed by atoms with Gasteiger partial charge >= 0.3 is 0 Å². The highest BCUT2D eigenvalue weighted by Gasteiger charge is 2.14. The van der Waals surface area contributed by atoms with Crippen molar-refractivity contribution >= 4 is 21.6 Å². The van der Waals surface area contributed by atoms with Gasteiger partial charge in [-0.25, -0.2) is 8.42 Å². The fraction of sp³-hybridized carbons (Fsp3) is 0.350. The molecule has 7 heteroatoms. The molecule has 0 aliphatic rings. The Kier molecular flexibility index (Phi) is 6.49. The van der Waals surface area contributed by atoms with Gasteiger partial charge in [-0.15, -0.1) is 0 Å². The first-order chi connectivity index (χ1) is 12.6. The van der Waals surface area contributed by atoms with Gasteiger partial charge in [0, 0.05) is 7.05 Å². The van der Waals surface area contributed by atoms with Crippen molar-refractivity contribution < 1.29 is 17.9 Å². The lowest BCUT2D eigenvalue weighted by atomic mass is 10.0. The molecule has 0 unspecified atom stereocenters. The summed E-state index contributed by atoms with van der Waals surface area (Å²) in [6.07, 6.45) is 1.14. The molecule has 6 nitrogen and oxygen atoms in total. The second-order valence-corrected chi connectivity index (χ2v) is 8.68. The standard InChI is InChI=1S/C20H26N2O4S/c1-14-6-11-19(15(2)12-14)16(3)21-20(23)13-26-18-9-7-17(8-10-18)22(4)27(5,24)25/h6-12,16H,13H2,1-5H3,(H,21,23)/t16-/m1/s1. The van der Waals surface area contributed by atoms with Crippen LogP contribution in [0.25, 0.3) is 0 Å². The van der Waals surface area contributed by atoms with Crippen molar-refractivity contribution in [2.75, 3.05) is 24.2 Å². The zero-order valence-corrected chi connectivity index (χ0v) is 17.1. The zero-order chi connectivity index (χ0) is 20.2. The van der Waals surface area contributed by atoms with Crippen LogP contribution >= 0.6 is 0 Å². The van der Waals surface area contributed by atoms with Gasteiger partial charge < -0.3 is 10.1 Å². The van der Waals surface area contributed by atoms with Gasteiger partial charge in [0.1, 0.15) is 5.75 Å². The van der Waals surface area contributed by atoms with Crippen molar-refractivity contribution in [1.29, 1.82) is 0 Å². The lowest BCUT2D eigenvalue weighted by Gasteiger charge is -2.18. The lowest BCUT2D eigenvalue weighted by Crippen LogP contribution is -2.31. The van der Waals surface area contributed by atoms with E-state index in [9.17, 15) is 13.2 Å². The van der Waals surface area contributed by atoms with Gasteiger partial charge in [-0.2, -0.15) is 0 Å². The molecule has 2 aromatic carbocycles. The Hall–Kier alpha value is -2.54. The van der Waals surface area contributed by atoms with Crippen LogP contribution in [0.5, 0.6) is 5.75 Å². The van der Waals surface area contributed by atoms with Crippen LogP contribution in [0.1, 0.15) is 29.7 Å². The van der Waals surface area contributed by atoms with Gasteiger partial charge in [0.05, 0.1) is 18.0 Å². The van der Waals surface area contributed by atoms with E-state index in [1.165, 1.54) is 16.9 Å². The van der Waals surface area contributed by atoms with Crippen LogP contribution in [-0.2, 0) is 14.8 Å². The second-order valence-electron chi connectivity index (χ2n) is 6.66. The Morgan fingerprint density at radius 3 is 2.33 bits per heavy atom. The number of sulfonamides is 1. The van der Waals surface area contributed by atoms with Crippen molar-refractivity contribution in [3.8, 4) is 5.75 Å². The number of nitrogens with one attached hydrogen (secondary N) is 1. The smallest absolute Gasteiger partial charge is 0.258 e. The monoisotopic (exact) mass is 390 g/mol. The average molecular weight is 391 g/mol. The van der Waals surface area contributed by atoms with Crippen molar-refractivity contribution in [3.63, 3.8) is 0 Å². The Labute approximate surface area is 161 Å². The van der Waals surface area contributed by atoms with Gasteiger partial charge in [0.2, 0.25) is 10.0 Å². The first-order valence-electron chi connectivity index (χ1n) is 8.61. The van der Waals surface area contributed by atoms with Crippen molar-refractivity contribution in [3.05, 3.63) is 59.2 Å². The largest absolute Gasteiger partial charge is 0.484 e. The molecule has 2 aromatic rings. The fourth-order valence-corrected chi connectivity index (χ4v) is 3.27. The summed E-state index contributed by atoms with van der Waals surface area (Å²) in [6.45, 7) is 5.88. The molecule has 0 fully saturated rings. The van der Waals surface area contributed by atoms with Gasteiger partial charge in [-0.1, -0.05) is 23.8 Å². The number of aryl methyl sites for hydroxylation is 2. The van der Waals surface area contributed by atoms with Crippen LogP contribution in [0.4, 0.5) is 5.69 Å². The minimum absolute atomic E-state index is 0.115. The number of rotatable bonds is 7. The summed E-state index contributed by atoms with van der Waals surface area (Å²) in [5.41, 5.74) is 3.91. The Morgan fingerprint density at radius 1 is 1.15 bits per heavy atom. The van der Waals surface area contributed by atoms with Crippen molar-refractivity contribution in [2.45, 2.75) is 26.8 Å². The molecule has 0 radical (unpaired) electrons. The van der Waals surface area contributed by atoms with E-state index >= 15 is 0 Å². The summed E-state index contributed by atoms with van der Waals surface area (Å²) in [7, 11) is -1.83. The number of carbonyl (C=O) groups excluding carboxylic acids is 1. The molecule has 0 saturated carbocycles. The molecule has 146 valence electrons. The quantitative estimate of drug-likeness (QED) is 0.789. The maximum absolute atomic E-state index is 12.2. The molecule has 0 aliphatic heterocycles. The average Bonchev–Trinajstić information content (AvgIpc) is 2.58. The number of nitrogens with zero attached hydrogens (tertiary/aromatic N) is 1. The summed E-state index contributed by atoms with van der Waals surface area (Å²) in [5.74, 6) is 0.273. The number of benzene rings is 2. The summed E-state index contributed by atoms with van der Waals surface area (Å²) >= 11 is 0. The number of amides is 1. The molecule has 0 spiro atoms. The van der Waals surface area contributed by atoms with Crippen LogP contribution in [0.2, 0.25) is 0 Å². The van der Waals surface area contributed by atoms with E-state index in [1.54, 1.807) is 24.3 Å². The van der Waals surface area contributed by atoms with Gasteiger partial charge in [-0.3, -0.25) is 9.10 Å². The van der Waals surface area contributed by atoms with Gasteiger partial charge in [0.15, 0.2) is 6.61 Å². The van der Waals surface area contributed by atoms with Gasteiger partial charge in [-0.05, 0) is 56.2 Å². The highest BCUT2D eigenvalue weighted by Crippen LogP contribution is 2.21. The highest BCUT2D eigenvalue weighted by atomic mass is 32.2. The van der Waals surface area contributed by atoms with Crippen LogP contribution in [0.3, 0.4) is 0 Å². The SMILES string of the molecule is Cc1ccc([C@@H](C)NC(=O)COc2ccc(N(C)S(C)(=O)=O)cc2)c(C)c1. The third-order valence-electron chi connectivity index (χ3n) is 4.34. The molecule has 1 N–H and O–H groups in total. The molecular formula is C20H26N2O4S. The number of carbonyl (C=O) groups is 1. The van der Waals surface area contributed by atoms with E-state index in [-0.39, 0.29) is 18.6 Å². The molecule has 0 bridgehead atoms. The Morgan fingerprint density at radius 2 is 1.78 bits per heavy atom. The molecule has 0 aromatic heterocycles. The fourth-order valence-electron chi connectivity index (χ4n) is 2.77. The molecule has 1 atom stereocenters. The van der Waals surface area contributed by atoms with Crippen molar-refractivity contribution in [1.82, 2.24) is 5.32 Å².